The number of carbonyl (C=O) groups excluding carboxylic acids is 1. The molecule has 0 aliphatic carbocycles. The Bertz CT molecular complexity index is 1200. The predicted molar refractivity (Wildman–Crippen MR) is 130 cm³/mol. The number of nitrogens with one attached hydrogen (secondary N) is 2. The fourth-order valence-corrected chi connectivity index (χ4v) is 4.72. The van der Waals surface area contributed by atoms with Crippen molar-refractivity contribution in [3.8, 4) is 0 Å². The molecule has 32 heavy (non-hydrogen) atoms. The van der Waals surface area contributed by atoms with Crippen LogP contribution in [-0.4, -0.2) is 39.9 Å². The molecule has 3 aromatic rings. The van der Waals surface area contributed by atoms with E-state index in [9.17, 15) is 13.2 Å². The number of sulfonamides is 1. The Balaban J connectivity index is 1.65. The summed E-state index contributed by atoms with van der Waals surface area (Å²) in [6.07, 6.45) is 0.930. The lowest BCUT2D eigenvalue weighted by Gasteiger charge is -2.11. The van der Waals surface area contributed by atoms with Crippen LogP contribution >= 0.6 is 23.2 Å². The van der Waals surface area contributed by atoms with Crippen molar-refractivity contribution in [3.05, 3.63) is 87.9 Å². The molecule has 0 aliphatic heterocycles. The van der Waals surface area contributed by atoms with E-state index in [0.29, 0.717) is 16.9 Å². The third-order valence-electron chi connectivity index (χ3n) is 4.64. The molecule has 3 aromatic carbocycles. The lowest BCUT2D eigenvalue weighted by molar-refractivity contribution is 0.102. The minimum Gasteiger partial charge on any atom is -0.322 e. The second kappa shape index (κ2) is 10.4. The summed E-state index contributed by atoms with van der Waals surface area (Å²) in [6.45, 7) is 0.950. The maximum atomic E-state index is 12.6. The quantitative estimate of drug-likeness (QED) is 0.456. The Morgan fingerprint density at radius 2 is 1.53 bits per heavy atom. The Labute approximate surface area is 198 Å². The third kappa shape index (κ3) is 6.46. The molecule has 0 aromatic heterocycles. The van der Waals surface area contributed by atoms with Crippen molar-refractivity contribution in [3.63, 3.8) is 0 Å². The molecule has 0 radical (unpaired) electrons. The maximum absolute atomic E-state index is 12.6. The summed E-state index contributed by atoms with van der Waals surface area (Å²) >= 11 is 11.9. The Morgan fingerprint density at radius 3 is 2.16 bits per heavy atom. The van der Waals surface area contributed by atoms with Crippen molar-refractivity contribution in [2.24, 2.45) is 0 Å². The number of rotatable bonds is 8. The van der Waals surface area contributed by atoms with Gasteiger partial charge in [0.1, 0.15) is 4.90 Å². The lowest BCUT2D eigenvalue weighted by Crippen LogP contribution is -2.15. The summed E-state index contributed by atoms with van der Waals surface area (Å²) in [4.78, 5) is 14.5. The minimum absolute atomic E-state index is 0.0608. The minimum atomic E-state index is -3.93. The first-order chi connectivity index (χ1) is 15.1. The number of amides is 1. The number of anilines is 2. The molecule has 3 rings (SSSR count). The molecule has 0 fully saturated rings. The van der Waals surface area contributed by atoms with Crippen molar-refractivity contribution in [2.45, 2.75) is 11.3 Å². The molecule has 0 saturated carbocycles. The van der Waals surface area contributed by atoms with E-state index in [1.54, 1.807) is 0 Å². The summed E-state index contributed by atoms with van der Waals surface area (Å²) in [5, 5.41) is 3.16. The zero-order valence-electron chi connectivity index (χ0n) is 17.6. The Morgan fingerprint density at radius 1 is 0.906 bits per heavy atom. The van der Waals surface area contributed by atoms with Gasteiger partial charge in [-0.2, -0.15) is 0 Å². The van der Waals surface area contributed by atoms with Crippen molar-refractivity contribution >= 4 is 50.5 Å². The largest absolute Gasteiger partial charge is 0.322 e. The second-order valence-corrected chi connectivity index (χ2v) is 9.96. The van der Waals surface area contributed by atoms with Gasteiger partial charge in [0.15, 0.2) is 0 Å². The highest BCUT2D eigenvalue weighted by atomic mass is 35.5. The zero-order valence-corrected chi connectivity index (χ0v) is 19.9. The molecule has 0 saturated heterocycles. The van der Waals surface area contributed by atoms with Crippen LogP contribution in [0.15, 0.2) is 71.6 Å². The molecular weight excluding hydrogens is 469 g/mol. The first-order valence-corrected chi connectivity index (χ1v) is 12.0. The first-order valence-electron chi connectivity index (χ1n) is 9.77. The number of likely N-dealkylation sites (N-methyl/N-ethyl adjacent to an activating group) is 1. The van der Waals surface area contributed by atoms with Gasteiger partial charge in [0.25, 0.3) is 15.9 Å². The van der Waals surface area contributed by atoms with Crippen LogP contribution < -0.4 is 10.0 Å². The fourth-order valence-electron chi connectivity index (χ4n) is 2.89. The van der Waals surface area contributed by atoms with Crippen LogP contribution in [0.2, 0.25) is 10.0 Å². The molecule has 2 N–H and O–H groups in total. The van der Waals surface area contributed by atoms with E-state index in [1.165, 1.54) is 48.0 Å². The van der Waals surface area contributed by atoms with Crippen molar-refractivity contribution in [1.29, 1.82) is 0 Å². The monoisotopic (exact) mass is 491 g/mol. The van der Waals surface area contributed by atoms with Crippen molar-refractivity contribution in [2.75, 3.05) is 30.7 Å². The van der Waals surface area contributed by atoms with Gasteiger partial charge in [-0.25, -0.2) is 8.42 Å². The summed E-state index contributed by atoms with van der Waals surface area (Å²) in [6, 6.07) is 18.0. The highest BCUT2D eigenvalue weighted by Crippen LogP contribution is 2.27. The van der Waals surface area contributed by atoms with Gasteiger partial charge in [0, 0.05) is 28.5 Å². The average molecular weight is 492 g/mol. The fraction of sp³-hybridized carbons (Fsp3) is 0.174. The van der Waals surface area contributed by atoms with Crippen LogP contribution in [0, 0.1) is 0 Å². The van der Waals surface area contributed by atoms with Gasteiger partial charge >= 0.3 is 0 Å². The van der Waals surface area contributed by atoms with Gasteiger partial charge in [0.05, 0.1) is 5.02 Å². The summed E-state index contributed by atoms with van der Waals surface area (Å²) in [5.74, 6) is -0.293. The van der Waals surface area contributed by atoms with E-state index in [4.69, 9.17) is 23.2 Å². The molecule has 0 spiro atoms. The van der Waals surface area contributed by atoms with Gasteiger partial charge < -0.3 is 10.2 Å². The SMILES string of the molecule is CN(C)CCc1ccc(NC(=O)c2ccc(NS(=O)(=O)c3cc(Cl)ccc3Cl)cc2)cc1. The summed E-state index contributed by atoms with van der Waals surface area (Å²) in [5.41, 5.74) is 2.56. The second-order valence-electron chi connectivity index (χ2n) is 7.46. The van der Waals surface area contributed by atoms with Crippen molar-refractivity contribution < 1.29 is 13.2 Å². The van der Waals surface area contributed by atoms with E-state index < -0.39 is 10.0 Å². The smallest absolute Gasteiger partial charge is 0.263 e. The average Bonchev–Trinajstić information content (AvgIpc) is 2.75. The Kier molecular flexibility index (Phi) is 7.79. The molecular formula is C23H23Cl2N3O3S. The number of hydrogen-bond acceptors (Lipinski definition) is 4. The van der Waals surface area contributed by atoms with Crippen LogP contribution in [0.5, 0.6) is 0 Å². The topological polar surface area (TPSA) is 78.5 Å². The molecule has 9 heteroatoms. The molecule has 0 unspecified atom stereocenters. The number of carbonyl (C=O) groups is 1. The number of nitrogens with zero attached hydrogens (tertiary/aromatic N) is 1. The van der Waals surface area contributed by atoms with Crippen LogP contribution in [-0.2, 0) is 16.4 Å². The van der Waals surface area contributed by atoms with Crippen LogP contribution in [0.25, 0.3) is 0 Å². The van der Waals surface area contributed by atoms with Crippen LogP contribution in [0.3, 0.4) is 0 Å². The summed E-state index contributed by atoms with van der Waals surface area (Å²) in [7, 11) is 0.118. The number of benzene rings is 3. The van der Waals surface area contributed by atoms with E-state index in [2.05, 4.69) is 14.9 Å². The standard InChI is InChI=1S/C23H23Cl2N3O3S/c1-28(2)14-13-16-3-8-19(9-4-16)26-23(29)17-5-10-20(11-6-17)27-32(30,31)22-15-18(24)7-12-21(22)25/h3-12,15,27H,13-14H2,1-2H3,(H,26,29). The van der Waals surface area contributed by atoms with E-state index in [0.717, 1.165) is 13.0 Å². The first kappa shape index (κ1) is 24.1. The van der Waals surface area contributed by atoms with E-state index >= 15 is 0 Å². The molecule has 0 atom stereocenters. The number of hydrogen-bond donors (Lipinski definition) is 2. The number of halogens is 2. The van der Waals surface area contributed by atoms with E-state index in [-0.39, 0.29) is 20.8 Å². The molecule has 0 aliphatic rings. The Hall–Kier alpha value is -2.58. The van der Waals surface area contributed by atoms with Gasteiger partial charge in [-0.05, 0) is 80.7 Å². The highest BCUT2D eigenvalue weighted by Gasteiger charge is 2.19. The van der Waals surface area contributed by atoms with Gasteiger partial charge in [-0.15, -0.1) is 0 Å². The zero-order chi connectivity index (χ0) is 23.3. The molecule has 168 valence electrons. The van der Waals surface area contributed by atoms with Gasteiger partial charge in [-0.3, -0.25) is 9.52 Å². The molecule has 0 heterocycles. The van der Waals surface area contributed by atoms with Gasteiger partial charge in [-0.1, -0.05) is 35.3 Å². The lowest BCUT2D eigenvalue weighted by atomic mass is 10.1. The van der Waals surface area contributed by atoms with Gasteiger partial charge in [0.2, 0.25) is 0 Å². The third-order valence-corrected chi connectivity index (χ3v) is 6.74. The van der Waals surface area contributed by atoms with Crippen LogP contribution in [0.4, 0.5) is 11.4 Å². The maximum Gasteiger partial charge on any atom is 0.263 e. The van der Waals surface area contributed by atoms with E-state index in [1.807, 2.05) is 38.4 Å². The predicted octanol–water partition coefficient (Wildman–Crippen LogP) is 5.15. The molecule has 0 bridgehead atoms. The van der Waals surface area contributed by atoms with Crippen LogP contribution in [0.1, 0.15) is 15.9 Å². The van der Waals surface area contributed by atoms with Crippen molar-refractivity contribution in [1.82, 2.24) is 4.90 Å². The molecule has 1 amide bonds. The summed E-state index contributed by atoms with van der Waals surface area (Å²) < 4.78 is 27.7. The normalized spacial score (nSPS) is 11.4. The highest BCUT2D eigenvalue weighted by molar-refractivity contribution is 7.92. The molecule has 6 nitrogen and oxygen atoms in total.